The maximum absolute atomic E-state index is 12.8. The molecule has 0 saturated carbocycles. The van der Waals surface area contributed by atoms with Crippen LogP contribution in [0.15, 0.2) is 30.5 Å². The summed E-state index contributed by atoms with van der Waals surface area (Å²) in [5.74, 6) is -3.33. The van der Waals surface area contributed by atoms with Crippen LogP contribution in [0, 0.1) is 5.92 Å². The predicted octanol–water partition coefficient (Wildman–Crippen LogP) is 0.0134. The third kappa shape index (κ3) is 6.54. The molecule has 2 rings (SSSR count). The van der Waals surface area contributed by atoms with E-state index in [1.807, 2.05) is 24.3 Å². The first-order chi connectivity index (χ1) is 14.6. The molecular formula is C21H29N5O5. The molecule has 0 saturated heterocycles. The van der Waals surface area contributed by atoms with Crippen molar-refractivity contribution in [3.05, 3.63) is 36.0 Å². The van der Waals surface area contributed by atoms with Crippen LogP contribution >= 0.6 is 0 Å². The lowest BCUT2D eigenvalue weighted by Gasteiger charge is -2.23. The largest absolute Gasteiger partial charge is 0.480 e. The number of aliphatic carboxylic acids is 1. The number of hydrogen-bond donors (Lipinski definition) is 6. The van der Waals surface area contributed by atoms with Crippen LogP contribution < -0.4 is 22.1 Å². The van der Waals surface area contributed by atoms with Crippen LogP contribution in [0.3, 0.4) is 0 Å². The van der Waals surface area contributed by atoms with Gasteiger partial charge in [-0.3, -0.25) is 14.4 Å². The Morgan fingerprint density at radius 2 is 1.71 bits per heavy atom. The van der Waals surface area contributed by atoms with Gasteiger partial charge in [0.1, 0.15) is 12.1 Å². The van der Waals surface area contributed by atoms with Crippen molar-refractivity contribution in [1.82, 2.24) is 15.6 Å². The Kier molecular flexibility index (Phi) is 8.14. The standard InChI is InChI=1S/C21H29N5O5/c1-11(2)18(23)20(29)25-15(7-8-17(22)27)19(28)26-16(21(30)31)9-12-10-24-14-6-4-3-5-13(12)14/h3-6,10-11,15-16,18,24H,7-9,23H2,1-2H3,(H2,22,27)(H,25,29)(H,26,28)(H,30,31). The summed E-state index contributed by atoms with van der Waals surface area (Å²) in [4.78, 5) is 51.2. The van der Waals surface area contributed by atoms with E-state index in [1.165, 1.54) is 0 Å². The molecule has 0 fully saturated rings. The number of aromatic nitrogens is 1. The zero-order valence-corrected chi connectivity index (χ0v) is 17.6. The molecule has 3 unspecified atom stereocenters. The van der Waals surface area contributed by atoms with E-state index in [1.54, 1.807) is 20.0 Å². The number of para-hydroxylation sites is 1. The van der Waals surface area contributed by atoms with E-state index >= 15 is 0 Å². The van der Waals surface area contributed by atoms with Crippen LogP contribution in [0.2, 0.25) is 0 Å². The van der Waals surface area contributed by atoms with Crippen molar-refractivity contribution in [2.45, 2.75) is 51.2 Å². The third-order valence-corrected chi connectivity index (χ3v) is 5.05. The minimum Gasteiger partial charge on any atom is -0.480 e. The van der Waals surface area contributed by atoms with Gasteiger partial charge in [-0.15, -0.1) is 0 Å². The smallest absolute Gasteiger partial charge is 0.326 e. The molecule has 10 nitrogen and oxygen atoms in total. The van der Waals surface area contributed by atoms with Crippen molar-refractivity contribution in [2.24, 2.45) is 17.4 Å². The minimum atomic E-state index is -1.24. The number of aromatic amines is 1. The first-order valence-corrected chi connectivity index (χ1v) is 10.0. The molecule has 10 heteroatoms. The highest BCUT2D eigenvalue weighted by Gasteiger charge is 2.29. The molecule has 0 aliphatic carbocycles. The number of nitrogens with one attached hydrogen (secondary N) is 3. The molecule has 0 aliphatic heterocycles. The highest BCUT2D eigenvalue weighted by atomic mass is 16.4. The third-order valence-electron chi connectivity index (χ3n) is 5.05. The van der Waals surface area contributed by atoms with Gasteiger partial charge in [0, 0.05) is 29.9 Å². The number of benzene rings is 1. The summed E-state index contributed by atoms with van der Waals surface area (Å²) in [6.07, 6.45) is 1.50. The van der Waals surface area contributed by atoms with Gasteiger partial charge in [-0.1, -0.05) is 32.0 Å². The zero-order valence-electron chi connectivity index (χ0n) is 17.6. The Balaban J connectivity index is 2.15. The number of amides is 3. The summed E-state index contributed by atoms with van der Waals surface area (Å²) < 4.78 is 0. The first kappa shape index (κ1) is 23.9. The minimum absolute atomic E-state index is 0.0348. The molecule has 31 heavy (non-hydrogen) atoms. The van der Waals surface area contributed by atoms with Gasteiger partial charge >= 0.3 is 5.97 Å². The maximum Gasteiger partial charge on any atom is 0.326 e. The fraction of sp³-hybridized carbons (Fsp3) is 0.429. The lowest BCUT2D eigenvalue weighted by molar-refractivity contribution is -0.142. The molecule has 0 spiro atoms. The summed E-state index contributed by atoms with van der Waals surface area (Å²) in [7, 11) is 0. The summed E-state index contributed by atoms with van der Waals surface area (Å²) in [6, 6.07) is 4.17. The monoisotopic (exact) mass is 431 g/mol. The van der Waals surface area contributed by atoms with Gasteiger partial charge in [0.15, 0.2) is 0 Å². The molecule has 1 aromatic carbocycles. The summed E-state index contributed by atoms with van der Waals surface area (Å²) in [5.41, 5.74) is 12.6. The van der Waals surface area contributed by atoms with Crippen molar-refractivity contribution in [2.75, 3.05) is 0 Å². The van der Waals surface area contributed by atoms with Gasteiger partial charge in [0.25, 0.3) is 0 Å². The Hall–Kier alpha value is -3.40. The van der Waals surface area contributed by atoms with Crippen molar-refractivity contribution in [3.63, 3.8) is 0 Å². The topological polar surface area (TPSA) is 180 Å². The molecule has 3 atom stereocenters. The number of carbonyl (C=O) groups is 4. The first-order valence-electron chi connectivity index (χ1n) is 10.0. The van der Waals surface area contributed by atoms with Crippen LogP contribution in [0.25, 0.3) is 10.9 Å². The molecule has 0 aliphatic rings. The van der Waals surface area contributed by atoms with Gasteiger partial charge in [-0.05, 0) is 24.0 Å². The second-order valence-electron chi connectivity index (χ2n) is 7.80. The molecule has 0 radical (unpaired) electrons. The van der Waals surface area contributed by atoms with E-state index < -0.39 is 41.8 Å². The summed E-state index contributed by atoms with van der Waals surface area (Å²) in [6.45, 7) is 3.51. The zero-order chi connectivity index (χ0) is 23.1. The number of hydrogen-bond acceptors (Lipinski definition) is 5. The van der Waals surface area contributed by atoms with E-state index in [9.17, 15) is 24.3 Å². The molecule has 8 N–H and O–H groups in total. The van der Waals surface area contributed by atoms with E-state index in [0.717, 1.165) is 16.5 Å². The lowest BCUT2D eigenvalue weighted by Crippen LogP contribution is -2.55. The number of primary amides is 1. The summed E-state index contributed by atoms with van der Waals surface area (Å²) in [5, 5.41) is 15.4. The van der Waals surface area contributed by atoms with E-state index in [-0.39, 0.29) is 25.2 Å². The van der Waals surface area contributed by atoms with Gasteiger partial charge in [0.05, 0.1) is 6.04 Å². The van der Waals surface area contributed by atoms with Gasteiger partial charge in [0.2, 0.25) is 17.7 Å². The quantitative estimate of drug-likeness (QED) is 0.291. The van der Waals surface area contributed by atoms with Crippen molar-refractivity contribution >= 4 is 34.6 Å². The normalized spacial score (nSPS) is 14.1. The van der Waals surface area contributed by atoms with Gasteiger partial charge < -0.3 is 32.2 Å². The van der Waals surface area contributed by atoms with Crippen molar-refractivity contribution in [1.29, 1.82) is 0 Å². The number of rotatable bonds is 11. The van der Waals surface area contributed by atoms with E-state index in [0.29, 0.717) is 0 Å². The average molecular weight is 431 g/mol. The Bertz CT molecular complexity index is 955. The maximum atomic E-state index is 12.8. The number of carboxylic acid groups (broad SMARTS) is 1. The van der Waals surface area contributed by atoms with Crippen LogP contribution in [-0.4, -0.2) is 51.9 Å². The highest BCUT2D eigenvalue weighted by molar-refractivity contribution is 5.92. The van der Waals surface area contributed by atoms with Gasteiger partial charge in [-0.2, -0.15) is 0 Å². The van der Waals surface area contributed by atoms with Crippen molar-refractivity contribution < 1.29 is 24.3 Å². The molecule has 2 aromatic rings. The molecule has 0 bridgehead atoms. The number of carbonyl (C=O) groups excluding carboxylic acids is 3. The molecule has 1 heterocycles. The van der Waals surface area contributed by atoms with E-state index in [4.69, 9.17) is 11.5 Å². The van der Waals surface area contributed by atoms with Crippen molar-refractivity contribution in [3.8, 4) is 0 Å². The van der Waals surface area contributed by atoms with Gasteiger partial charge in [-0.25, -0.2) is 4.79 Å². The molecule has 3 amide bonds. The highest BCUT2D eigenvalue weighted by Crippen LogP contribution is 2.19. The lowest BCUT2D eigenvalue weighted by atomic mass is 10.0. The number of nitrogens with two attached hydrogens (primary N) is 2. The van der Waals surface area contributed by atoms with Crippen LogP contribution in [-0.2, 0) is 25.6 Å². The molecule has 168 valence electrons. The SMILES string of the molecule is CC(C)C(N)C(=O)NC(CCC(N)=O)C(=O)NC(Cc1c[nH]c2ccccc12)C(=O)O. The van der Waals surface area contributed by atoms with Crippen LogP contribution in [0.5, 0.6) is 0 Å². The Labute approximate surface area is 179 Å². The summed E-state index contributed by atoms with van der Waals surface area (Å²) >= 11 is 0. The Morgan fingerprint density at radius 3 is 2.32 bits per heavy atom. The van der Waals surface area contributed by atoms with E-state index in [2.05, 4.69) is 15.6 Å². The number of fused-ring (bicyclic) bond motifs is 1. The molecular weight excluding hydrogens is 402 g/mol. The Morgan fingerprint density at radius 1 is 1.06 bits per heavy atom. The van der Waals surface area contributed by atoms with Crippen LogP contribution in [0.1, 0.15) is 32.3 Å². The fourth-order valence-corrected chi connectivity index (χ4v) is 3.12. The predicted molar refractivity (Wildman–Crippen MR) is 115 cm³/mol. The average Bonchev–Trinajstić information content (AvgIpc) is 3.12. The molecule has 1 aromatic heterocycles. The second-order valence-corrected chi connectivity index (χ2v) is 7.80. The second kappa shape index (κ2) is 10.6. The number of H-pyrrole nitrogens is 1. The van der Waals surface area contributed by atoms with Crippen LogP contribution in [0.4, 0.5) is 0 Å². The fourth-order valence-electron chi connectivity index (χ4n) is 3.12. The number of carboxylic acids is 1.